The predicted molar refractivity (Wildman–Crippen MR) is 52.7 cm³/mol. The average molecular weight is 250 g/mol. The van der Waals surface area contributed by atoms with Gasteiger partial charge in [-0.25, -0.2) is 0 Å². The van der Waals surface area contributed by atoms with Crippen LogP contribution in [-0.4, -0.2) is 18.0 Å². The molecule has 5 heteroatoms. The summed E-state index contributed by atoms with van der Waals surface area (Å²) in [6.45, 7) is 2.11. The number of aliphatic carboxylic acids is 1. The minimum Gasteiger partial charge on any atom is -0.546 e. The van der Waals surface area contributed by atoms with Gasteiger partial charge in [-0.15, -0.1) is 0 Å². The molecule has 0 aliphatic rings. The van der Waals surface area contributed by atoms with E-state index in [1.165, 1.54) is 0 Å². The second-order valence-corrected chi connectivity index (χ2v) is 3.67. The smallest absolute Gasteiger partial charge is 0.546 e. The Kier molecular flexibility index (Phi) is 9.12. The molecule has 0 bridgehead atoms. The Bertz CT molecular complexity index is 292. The van der Waals surface area contributed by atoms with Crippen molar-refractivity contribution < 1.29 is 66.0 Å². The third-order valence-electron chi connectivity index (χ3n) is 1.50. The molecule has 0 saturated carbocycles. The van der Waals surface area contributed by atoms with Crippen molar-refractivity contribution in [2.75, 3.05) is 6.61 Å². The van der Waals surface area contributed by atoms with Gasteiger partial charge in [-0.3, -0.25) is 0 Å². The van der Waals surface area contributed by atoms with Crippen LogP contribution in [-0.2, 0) is 9.53 Å². The van der Waals surface area contributed by atoms with Crippen molar-refractivity contribution in [2.24, 2.45) is 0 Å². The van der Waals surface area contributed by atoms with Gasteiger partial charge in [0.05, 0.1) is 5.97 Å². The first-order valence-electron chi connectivity index (χ1n) is 4.28. The van der Waals surface area contributed by atoms with E-state index in [-0.39, 0.29) is 51.4 Å². The van der Waals surface area contributed by atoms with Gasteiger partial charge in [-0.05, 0) is 19.1 Å². The van der Waals surface area contributed by atoms with E-state index in [1.54, 1.807) is 6.92 Å². The number of benzene rings is 1. The minimum absolute atomic E-state index is 0. The molecule has 0 aromatic heterocycles. The molecule has 1 atom stereocenters. The second-order valence-electron chi connectivity index (χ2n) is 2.54. The van der Waals surface area contributed by atoms with Crippen molar-refractivity contribution in [1.29, 1.82) is 0 Å². The molecule has 3 nitrogen and oxygen atoms in total. The SMILES string of the molecule is CCOC(Sc1ccccc1)C(=O)[O-].[K+]. The molecule has 1 aromatic carbocycles. The normalized spacial score (nSPS) is 11.5. The number of thioether (sulfide) groups is 1. The van der Waals surface area contributed by atoms with E-state index < -0.39 is 11.4 Å². The summed E-state index contributed by atoms with van der Waals surface area (Å²) in [6.07, 6.45) is 0. The number of rotatable bonds is 5. The molecule has 1 aromatic rings. The van der Waals surface area contributed by atoms with Gasteiger partial charge in [0, 0.05) is 11.5 Å². The molecule has 1 rings (SSSR count). The zero-order valence-electron chi connectivity index (χ0n) is 8.80. The summed E-state index contributed by atoms with van der Waals surface area (Å²) in [4.78, 5) is 11.5. The maximum atomic E-state index is 10.6. The van der Waals surface area contributed by atoms with Crippen LogP contribution in [0.1, 0.15) is 6.92 Å². The Balaban J connectivity index is 0.00000196. The van der Waals surface area contributed by atoms with Crippen LogP contribution < -0.4 is 56.5 Å². The van der Waals surface area contributed by atoms with Gasteiger partial charge < -0.3 is 14.6 Å². The molecule has 0 radical (unpaired) electrons. The summed E-state index contributed by atoms with van der Waals surface area (Å²) in [7, 11) is 0. The molecule has 1 unspecified atom stereocenters. The molecule has 0 amide bonds. The van der Waals surface area contributed by atoms with Crippen molar-refractivity contribution in [3.05, 3.63) is 30.3 Å². The Hall–Kier alpha value is 0.636. The maximum absolute atomic E-state index is 10.6. The van der Waals surface area contributed by atoms with Gasteiger partial charge in [0.1, 0.15) is 5.44 Å². The summed E-state index contributed by atoms with van der Waals surface area (Å²) in [5.41, 5.74) is -0.928. The fourth-order valence-corrected chi connectivity index (χ4v) is 1.79. The third-order valence-corrected chi connectivity index (χ3v) is 2.58. The van der Waals surface area contributed by atoms with Crippen LogP contribution in [0.15, 0.2) is 35.2 Å². The van der Waals surface area contributed by atoms with Gasteiger partial charge in [-0.1, -0.05) is 30.0 Å². The quantitative estimate of drug-likeness (QED) is 0.341. The molecule has 0 N–H and O–H groups in total. The van der Waals surface area contributed by atoms with Gasteiger partial charge in [-0.2, -0.15) is 0 Å². The number of carbonyl (C=O) groups is 1. The third kappa shape index (κ3) is 6.06. The van der Waals surface area contributed by atoms with Gasteiger partial charge in [0.25, 0.3) is 0 Å². The molecule has 0 saturated heterocycles. The van der Waals surface area contributed by atoms with Crippen LogP contribution in [0.2, 0.25) is 0 Å². The summed E-state index contributed by atoms with van der Waals surface area (Å²) in [5, 5.41) is 10.6. The molecule has 0 heterocycles. The Morgan fingerprint density at radius 3 is 2.53 bits per heavy atom. The first-order valence-corrected chi connectivity index (χ1v) is 5.16. The second kappa shape index (κ2) is 8.75. The largest absolute Gasteiger partial charge is 1.00 e. The first kappa shape index (κ1) is 15.6. The van der Waals surface area contributed by atoms with Crippen molar-refractivity contribution >= 4 is 17.7 Å². The van der Waals surface area contributed by atoms with E-state index in [0.717, 1.165) is 16.7 Å². The van der Waals surface area contributed by atoms with Crippen LogP contribution in [0.4, 0.5) is 0 Å². The van der Waals surface area contributed by atoms with Crippen molar-refractivity contribution in [2.45, 2.75) is 17.3 Å². The average Bonchev–Trinajstić information content (AvgIpc) is 2.18. The van der Waals surface area contributed by atoms with Gasteiger partial charge in [0.2, 0.25) is 0 Å². The summed E-state index contributed by atoms with van der Waals surface area (Å²) in [6, 6.07) is 9.24. The maximum Gasteiger partial charge on any atom is 1.00 e. The van der Waals surface area contributed by atoms with Crippen LogP contribution in [0.5, 0.6) is 0 Å². The van der Waals surface area contributed by atoms with E-state index in [1.807, 2.05) is 30.3 Å². The van der Waals surface area contributed by atoms with E-state index in [4.69, 9.17) is 4.74 Å². The van der Waals surface area contributed by atoms with Crippen molar-refractivity contribution in [3.8, 4) is 0 Å². The molecular weight excluding hydrogens is 239 g/mol. The molecule has 0 spiro atoms. The summed E-state index contributed by atoms with van der Waals surface area (Å²) in [5.74, 6) is -1.19. The Morgan fingerprint density at radius 1 is 1.47 bits per heavy atom. The van der Waals surface area contributed by atoms with Crippen LogP contribution in [0, 0.1) is 0 Å². The van der Waals surface area contributed by atoms with Crippen molar-refractivity contribution in [1.82, 2.24) is 0 Å². The van der Waals surface area contributed by atoms with Crippen molar-refractivity contribution in [3.63, 3.8) is 0 Å². The number of carboxylic acids is 1. The predicted octanol–water partition coefficient (Wildman–Crippen LogP) is -2.10. The van der Waals surface area contributed by atoms with Gasteiger partial charge in [0.15, 0.2) is 0 Å². The number of hydrogen-bond acceptors (Lipinski definition) is 4. The zero-order chi connectivity index (χ0) is 10.4. The van der Waals surface area contributed by atoms with E-state index in [2.05, 4.69) is 0 Å². The zero-order valence-corrected chi connectivity index (χ0v) is 12.7. The topological polar surface area (TPSA) is 49.4 Å². The molecule has 76 valence electrons. The molecule has 0 aliphatic heterocycles. The van der Waals surface area contributed by atoms with Gasteiger partial charge >= 0.3 is 51.4 Å². The van der Waals surface area contributed by atoms with E-state index in [9.17, 15) is 9.90 Å². The number of ether oxygens (including phenoxy) is 1. The number of hydrogen-bond donors (Lipinski definition) is 0. The number of carboxylic acid groups (broad SMARTS) is 1. The van der Waals surface area contributed by atoms with Crippen LogP contribution >= 0.6 is 11.8 Å². The monoisotopic (exact) mass is 250 g/mol. The fourth-order valence-electron chi connectivity index (χ4n) is 0.924. The molecular formula is C10H11KO3S. The standard InChI is InChI=1S/C10H12O3S.K/c1-2-13-10(9(11)12)14-8-6-4-3-5-7-8;/h3-7,10H,2H2,1H3,(H,11,12);/q;+1/p-1. The fraction of sp³-hybridized carbons (Fsp3) is 0.300. The van der Waals surface area contributed by atoms with Crippen LogP contribution in [0.3, 0.4) is 0 Å². The molecule has 15 heavy (non-hydrogen) atoms. The van der Waals surface area contributed by atoms with E-state index >= 15 is 0 Å². The first-order chi connectivity index (χ1) is 6.74. The molecule has 0 aliphatic carbocycles. The van der Waals surface area contributed by atoms with Crippen LogP contribution in [0.25, 0.3) is 0 Å². The summed E-state index contributed by atoms with van der Waals surface area (Å²) >= 11 is 1.14. The summed E-state index contributed by atoms with van der Waals surface area (Å²) < 4.78 is 5.01. The molecule has 0 fully saturated rings. The van der Waals surface area contributed by atoms with E-state index in [0.29, 0.717) is 6.61 Å². The minimum atomic E-state index is -1.19. The Morgan fingerprint density at radius 2 is 2.07 bits per heavy atom. The Labute approximate surface area is 136 Å². The number of carbonyl (C=O) groups excluding carboxylic acids is 1.